The van der Waals surface area contributed by atoms with Gasteiger partial charge in [-0.15, -0.1) is 12.4 Å². The van der Waals surface area contributed by atoms with Crippen molar-refractivity contribution in [2.45, 2.75) is 13.0 Å². The molecular formula is C24H26ClN3O2. The van der Waals surface area contributed by atoms with Gasteiger partial charge in [0.15, 0.2) is 0 Å². The molecule has 2 heterocycles. The number of anilines is 1. The maximum atomic E-state index is 11.5. The average Bonchev–Trinajstić information content (AvgIpc) is 2.75. The first kappa shape index (κ1) is 21.8. The number of rotatable bonds is 6. The van der Waals surface area contributed by atoms with E-state index in [0.717, 1.165) is 39.1 Å². The Morgan fingerprint density at radius 1 is 0.867 bits per heavy atom. The Hall–Kier alpha value is -2.89. The van der Waals surface area contributed by atoms with Crippen molar-refractivity contribution in [3.63, 3.8) is 0 Å². The van der Waals surface area contributed by atoms with Gasteiger partial charge in [0.25, 0.3) is 0 Å². The zero-order chi connectivity index (χ0) is 20.1. The summed E-state index contributed by atoms with van der Waals surface area (Å²) in [5, 5.41) is 9.40. The van der Waals surface area contributed by atoms with Crippen LogP contribution in [0.3, 0.4) is 0 Å². The normalized spacial score (nSPS) is 14.2. The van der Waals surface area contributed by atoms with Crippen LogP contribution in [0.1, 0.15) is 27.0 Å². The summed E-state index contributed by atoms with van der Waals surface area (Å²) in [6.07, 6.45) is 2.60. The fourth-order valence-electron chi connectivity index (χ4n) is 3.86. The molecule has 3 aromatic rings. The van der Waals surface area contributed by atoms with Crippen LogP contribution in [0, 0.1) is 0 Å². The highest BCUT2D eigenvalue weighted by atomic mass is 35.5. The molecule has 156 valence electrons. The second-order valence-corrected chi connectivity index (χ2v) is 7.43. The number of hydrogen-bond donors (Lipinski definition) is 1. The van der Waals surface area contributed by atoms with E-state index in [0.29, 0.717) is 5.82 Å². The molecule has 0 amide bonds. The molecule has 1 N–H and O–H groups in total. The van der Waals surface area contributed by atoms with E-state index >= 15 is 0 Å². The second kappa shape index (κ2) is 10.2. The minimum atomic E-state index is -0.925. The van der Waals surface area contributed by atoms with Gasteiger partial charge in [-0.25, -0.2) is 9.78 Å². The van der Waals surface area contributed by atoms with Gasteiger partial charge in [-0.2, -0.15) is 0 Å². The molecule has 2 aromatic carbocycles. The summed E-state index contributed by atoms with van der Waals surface area (Å²) in [5.41, 5.74) is 4.24. The van der Waals surface area contributed by atoms with Gasteiger partial charge >= 0.3 is 5.97 Å². The smallest absolute Gasteiger partial charge is 0.339 e. The van der Waals surface area contributed by atoms with E-state index in [1.54, 1.807) is 18.3 Å². The summed E-state index contributed by atoms with van der Waals surface area (Å²) < 4.78 is 0. The Bertz CT molecular complexity index is 973. The van der Waals surface area contributed by atoms with Crippen LogP contribution in [0.5, 0.6) is 0 Å². The number of piperazine rings is 1. The number of pyridine rings is 1. The molecule has 0 aliphatic carbocycles. The SMILES string of the molecule is Cl.O=C(O)c1cccnc1N1CCN(Cc2cccc(Cc3ccccc3)c2)CC1. The molecule has 30 heavy (non-hydrogen) atoms. The van der Waals surface area contributed by atoms with Crippen LogP contribution in [0.25, 0.3) is 0 Å². The molecule has 4 rings (SSSR count). The van der Waals surface area contributed by atoms with Crippen molar-refractivity contribution in [1.29, 1.82) is 0 Å². The highest BCUT2D eigenvalue weighted by Gasteiger charge is 2.22. The Morgan fingerprint density at radius 2 is 1.57 bits per heavy atom. The molecular weight excluding hydrogens is 398 g/mol. The quantitative estimate of drug-likeness (QED) is 0.646. The van der Waals surface area contributed by atoms with Crippen LogP contribution >= 0.6 is 12.4 Å². The van der Waals surface area contributed by atoms with Crippen molar-refractivity contribution in [2.75, 3.05) is 31.1 Å². The molecule has 6 heteroatoms. The van der Waals surface area contributed by atoms with Crippen LogP contribution < -0.4 is 4.90 Å². The van der Waals surface area contributed by atoms with E-state index in [1.807, 2.05) is 6.07 Å². The number of hydrogen-bond acceptors (Lipinski definition) is 4. The Balaban J connectivity index is 0.00000256. The van der Waals surface area contributed by atoms with Crippen molar-refractivity contribution in [3.05, 3.63) is 95.2 Å². The van der Waals surface area contributed by atoms with Gasteiger partial charge in [0.2, 0.25) is 0 Å². The first-order valence-corrected chi connectivity index (χ1v) is 9.96. The molecule has 0 bridgehead atoms. The topological polar surface area (TPSA) is 56.7 Å². The van der Waals surface area contributed by atoms with Gasteiger partial charge in [0.05, 0.1) is 0 Å². The summed E-state index contributed by atoms with van der Waals surface area (Å²) in [7, 11) is 0. The minimum absolute atomic E-state index is 0. The van der Waals surface area contributed by atoms with Crippen LogP contribution in [-0.2, 0) is 13.0 Å². The third-order valence-electron chi connectivity index (χ3n) is 5.34. The number of aromatic carboxylic acids is 1. The number of nitrogens with zero attached hydrogens (tertiary/aromatic N) is 3. The largest absolute Gasteiger partial charge is 0.478 e. The molecule has 1 fully saturated rings. The van der Waals surface area contributed by atoms with Crippen LogP contribution in [-0.4, -0.2) is 47.1 Å². The fourth-order valence-corrected chi connectivity index (χ4v) is 3.86. The van der Waals surface area contributed by atoms with Crippen molar-refractivity contribution < 1.29 is 9.90 Å². The lowest BCUT2D eigenvalue weighted by Gasteiger charge is -2.35. The molecule has 0 unspecified atom stereocenters. The Labute approximate surface area is 183 Å². The summed E-state index contributed by atoms with van der Waals surface area (Å²) in [6, 6.07) is 22.6. The molecule has 5 nitrogen and oxygen atoms in total. The molecule has 1 aliphatic rings. The van der Waals surface area contributed by atoms with Gasteiger partial charge in [0, 0.05) is 38.9 Å². The number of carboxylic acid groups (broad SMARTS) is 1. The Kier molecular flexibility index (Phi) is 7.44. The summed E-state index contributed by atoms with van der Waals surface area (Å²) >= 11 is 0. The number of aromatic nitrogens is 1. The van der Waals surface area contributed by atoms with Crippen molar-refractivity contribution in [2.24, 2.45) is 0 Å². The van der Waals surface area contributed by atoms with Gasteiger partial charge in [0.1, 0.15) is 11.4 Å². The lowest BCUT2D eigenvalue weighted by Crippen LogP contribution is -2.46. The second-order valence-electron chi connectivity index (χ2n) is 7.43. The maximum Gasteiger partial charge on any atom is 0.339 e. The fraction of sp³-hybridized carbons (Fsp3) is 0.250. The highest BCUT2D eigenvalue weighted by Crippen LogP contribution is 2.20. The van der Waals surface area contributed by atoms with E-state index in [1.165, 1.54) is 16.7 Å². The number of halogens is 1. The van der Waals surface area contributed by atoms with E-state index in [9.17, 15) is 9.90 Å². The van der Waals surface area contributed by atoms with E-state index < -0.39 is 5.97 Å². The molecule has 1 aromatic heterocycles. The molecule has 0 atom stereocenters. The van der Waals surface area contributed by atoms with Gasteiger partial charge in [-0.3, -0.25) is 4.90 Å². The van der Waals surface area contributed by atoms with Gasteiger partial charge in [-0.1, -0.05) is 54.6 Å². The van der Waals surface area contributed by atoms with Crippen molar-refractivity contribution in [3.8, 4) is 0 Å². The standard InChI is InChI=1S/C24H25N3O2.ClH/c28-24(29)22-10-5-11-25-23(22)27-14-12-26(13-15-27)18-21-9-4-8-20(17-21)16-19-6-2-1-3-7-19;/h1-11,17H,12-16,18H2,(H,28,29);1H. The third-order valence-corrected chi connectivity index (χ3v) is 5.34. The third kappa shape index (κ3) is 5.38. The summed E-state index contributed by atoms with van der Waals surface area (Å²) in [5.74, 6) is -0.352. The van der Waals surface area contributed by atoms with Crippen LogP contribution in [0.15, 0.2) is 72.9 Å². The van der Waals surface area contributed by atoms with E-state index in [2.05, 4.69) is 63.3 Å². The molecule has 0 spiro atoms. The number of carbonyl (C=O) groups is 1. The predicted octanol–water partition coefficient (Wildman–Crippen LogP) is 4.11. The average molecular weight is 424 g/mol. The van der Waals surface area contributed by atoms with Crippen LogP contribution in [0.2, 0.25) is 0 Å². The molecule has 1 aliphatic heterocycles. The molecule has 0 radical (unpaired) electrons. The van der Waals surface area contributed by atoms with Gasteiger partial charge in [-0.05, 0) is 35.2 Å². The van der Waals surface area contributed by atoms with Crippen molar-refractivity contribution >= 4 is 24.2 Å². The summed E-state index contributed by atoms with van der Waals surface area (Å²) in [6.45, 7) is 4.24. The lowest BCUT2D eigenvalue weighted by atomic mass is 10.0. The molecule has 1 saturated heterocycles. The minimum Gasteiger partial charge on any atom is -0.478 e. The number of carboxylic acids is 1. The van der Waals surface area contributed by atoms with E-state index in [4.69, 9.17) is 0 Å². The first-order valence-electron chi connectivity index (χ1n) is 9.96. The first-order chi connectivity index (χ1) is 14.2. The van der Waals surface area contributed by atoms with E-state index in [-0.39, 0.29) is 18.0 Å². The highest BCUT2D eigenvalue weighted by molar-refractivity contribution is 5.93. The number of benzene rings is 2. The zero-order valence-corrected chi connectivity index (χ0v) is 17.6. The zero-order valence-electron chi connectivity index (χ0n) is 16.8. The maximum absolute atomic E-state index is 11.5. The Morgan fingerprint density at radius 3 is 2.30 bits per heavy atom. The van der Waals surface area contributed by atoms with Gasteiger partial charge < -0.3 is 10.0 Å². The molecule has 0 saturated carbocycles. The predicted molar refractivity (Wildman–Crippen MR) is 122 cm³/mol. The monoisotopic (exact) mass is 423 g/mol. The van der Waals surface area contributed by atoms with Crippen LogP contribution in [0.4, 0.5) is 5.82 Å². The summed E-state index contributed by atoms with van der Waals surface area (Å²) in [4.78, 5) is 20.3. The lowest BCUT2D eigenvalue weighted by molar-refractivity contribution is 0.0697. The van der Waals surface area contributed by atoms with Crippen molar-refractivity contribution in [1.82, 2.24) is 9.88 Å².